The molecule has 1 aromatic carbocycles. The number of benzene rings is 1. The van der Waals surface area contributed by atoms with E-state index in [1.165, 1.54) is 17.2 Å². The van der Waals surface area contributed by atoms with Crippen molar-refractivity contribution in [1.82, 2.24) is 0 Å². The van der Waals surface area contributed by atoms with Gasteiger partial charge >= 0.3 is 5.97 Å². The average molecular weight is 301 g/mol. The largest absolute Gasteiger partial charge is 0.477 e. The van der Waals surface area contributed by atoms with E-state index < -0.39 is 5.97 Å². The molecule has 0 unspecified atom stereocenters. The zero-order valence-electron chi connectivity index (χ0n) is 11.6. The molecule has 21 heavy (non-hydrogen) atoms. The molecule has 0 atom stereocenters. The van der Waals surface area contributed by atoms with Gasteiger partial charge in [0, 0.05) is 12.2 Å². The van der Waals surface area contributed by atoms with Gasteiger partial charge in [0.25, 0.3) is 5.91 Å². The average Bonchev–Trinajstić information content (AvgIpc) is 2.95. The van der Waals surface area contributed by atoms with Crippen molar-refractivity contribution < 1.29 is 14.7 Å². The number of rotatable bonds is 2. The summed E-state index contributed by atoms with van der Waals surface area (Å²) in [5.74, 6) is -1.11. The van der Waals surface area contributed by atoms with E-state index in [9.17, 15) is 9.59 Å². The van der Waals surface area contributed by atoms with E-state index in [0.29, 0.717) is 11.4 Å². The molecule has 1 aromatic heterocycles. The normalized spacial score (nSPS) is 13.9. The number of carbonyl (C=O) groups is 2. The van der Waals surface area contributed by atoms with E-state index in [0.717, 1.165) is 29.9 Å². The molecule has 1 amide bonds. The Balaban J connectivity index is 1.94. The van der Waals surface area contributed by atoms with Gasteiger partial charge in [-0.25, -0.2) is 4.79 Å². The number of carbonyl (C=O) groups excluding carboxylic acids is 1. The number of aromatic carboxylic acids is 1. The number of carboxylic acids is 1. The minimum Gasteiger partial charge on any atom is -0.477 e. The van der Waals surface area contributed by atoms with Crippen LogP contribution < -0.4 is 4.90 Å². The Morgan fingerprint density at radius 2 is 1.95 bits per heavy atom. The maximum atomic E-state index is 12.6. The lowest BCUT2D eigenvalue weighted by Crippen LogP contribution is -2.35. The van der Waals surface area contributed by atoms with Crippen molar-refractivity contribution in [3.8, 4) is 0 Å². The van der Waals surface area contributed by atoms with Crippen molar-refractivity contribution in [2.45, 2.75) is 19.8 Å². The van der Waals surface area contributed by atoms with Gasteiger partial charge in [0.05, 0.1) is 4.88 Å². The summed E-state index contributed by atoms with van der Waals surface area (Å²) in [6.07, 6.45) is 1.91. The molecule has 0 fully saturated rings. The van der Waals surface area contributed by atoms with Gasteiger partial charge in [-0.2, -0.15) is 0 Å². The lowest BCUT2D eigenvalue weighted by atomic mass is 9.99. The van der Waals surface area contributed by atoms with Crippen LogP contribution >= 0.6 is 11.3 Å². The highest BCUT2D eigenvalue weighted by atomic mass is 32.1. The molecule has 2 aromatic rings. The summed E-state index contributed by atoms with van der Waals surface area (Å²) in [5.41, 5.74) is 3.32. The second-order valence-corrected chi connectivity index (χ2v) is 6.25. The molecule has 1 aliphatic rings. The first-order valence-electron chi connectivity index (χ1n) is 6.81. The first-order chi connectivity index (χ1) is 10.1. The zero-order chi connectivity index (χ0) is 15.0. The summed E-state index contributed by atoms with van der Waals surface area (Å²) in [4.78, 5) is 26.0. The van der Waals surface area contributed by atoms with E-state index in [-0.39, 0.29) is 10.8 Å². The summed E-state index contributed by atoms with van der Waals surface area (Å²) >= 11 is 1.03. The molecule has 108 valence electrons. The Hall–Kier alpha value is -2.14. The van der Waals surface area contributed by atoms with Crippen LogP contribution in [0.2, 0.25) is 0 Å². The number of thiophene rings is 1. The van der Waals surface area contributed by atoms with E-state index in [1.807, 2.05) is 19.1 Å². The predicted molar refractivity (Wildman–Crippen MR) is 82.5 cm³/mol. The van der Waals surface area contributed by atoms with Gasteiger partial charge in [-0.05, 0) is 43.5 Å². The molecule has 5 heteroatoms. The molecular weight excluding hydrogens is 286 g/mol. The van der Waals surface area contributed by atoms with Crippen molar-refractivity contribution in [2.75, 3.05) is 11.4 Å². The molecular formula is C16H15NO3S. The third-order valence-electron chi connectivity index (χ3n) is 3.63. The van der Waals surface area contributed by atoms with Crippen LogP contribution in [-0.2, 0) is 6.42 Å². The van der Waals surface area contributed by atoms with Gasteiger partial charge in [-0.1, -0.05) is 17.7 Å². The van der Waals surface area contributed by atoms with Crippen LogP contribution in [0.1, 0.15) is 36.9 Å². The van der Waals surface area contributed by atoms with Gasteiger partial charge in [-0.15, -0.1) is 11.3 Å². The predicted octanol–water partition coefficient (Wildman–Crippen LogP) is 3.35. The molecule has 1 aliphatic heterocycles. The number of carboxylic acid groups (broad SMARTS) is 1. The van der Waals surface area contributed by atoms with E-state index in [1.54, 1.807) is 11.0 Å². The second-order valence-electron chi connectivity index (χ2n) is 5.16. The van der Waals surface area contributed by atoms with Crippen molar-refractivity contribution in [3.05, 3.63) is 51.2 Å². The van der Waals surface area contributed by atoms with Gasteiger partial charge in [0.2, 0.25) is 0 Å². The highest BCUT2D eigenvalue weighted by Crippen LogP contribution is 2.30. The summed E-state index contributed by atoms with van der Waals surface area (Å²) in [7, 11) is 0. The number of hydrogen-bond donors (Lipinski definition) is 1. The summed E-state index contributed by atoms with van der Waals surface area (Å²) < 4.78 is 0. The van der Waals surface area contributed by atoms with Crippen molar-refractivity contribution in [1.29, 1.82) is 0 Å². The minimum absolute atomic E-state index is 0.114. The number of fused-ring (bicyclic) bond motifs is 1. The Morgan fingerprint density at radius 3 is 2.67 bits per heavy atom. The smallest absolute Gasteiger partial charge is 0.345 e. The van der Waals surface area contributed by atoms with Crippen LogP contribution in [0.5, 0.6) is 0 Å². The van der Waals surface area contributed by atoms with Gasteiger partial charge in [0.1, 0.15) is 4.88 Å². The van der Waals surface area contributed by atoms with Crippen LogP contribution in [0.25, 0.3) is 0 Å². The first kappa shape index (κ1) is 13.8. The lowest BCUT2D eigenvalue weighted by molar-refractivity contribution is 0.0702. The van der Waals surface area contributed by atoms with Gasteiger partial charge in [0.15, 0.2) is 0 Å². The maximum absolute atomic E-state index is 12.6. The molecule has 0 aliphatic carbocycles. The van der Waals surface area contributed by atoms with Crippen molar-refractivity contribution in [3.63, 3.8) is 0 Å². The third kappa shape index (κ3) is 2.56. The van der Waals surface area contributed by atoms with Crippen molar-refractivity contribution in [2.24, 2.45) is 0 Å². The van der Waals surface area contributed by atoms with E-state index in [4.69, 9.17) is 5.11 Å². The Morgan fingerprint density at radius 1 is 1.19 bits per heavy atom. The molecule has 0 bridgehead atoms. The van der Waals surface area contributed by atoms with Crippen molar-refractivity contribution >= 4 is 28.9 Å². The van der Waals surface area contributed by atoms with Gasteiger partial charge < -0.3 is 10.0 Å². The summed E-state index contributed by atoms with van der Waals surface area (Å²) in [6, 6.07) is 9.18. The monoisotopic (exact) mass is 301 g/mol. The molecule has 0 radical (unpaired) electrons. The Kier molecular flexibility index (Phi) is 3.51. The molecule has 0 spiro atoms. The first-order valence-corrected chi connectivity index (χ1v) is 7.62. The molecule has 1 N–H and O–H groups in total. The molecule has 2 heterocycles. The third-order valence-corrected chi connectivity index (χ3v) is 4.69. The lowest BCUT2D eigenvalue weighted by Gasteiger charge is -2.29. The minimum atomic E-state index is -0.992. The quantitative estimate of drug-likeness (QED) is 0.925. The SMILES string of the molecule is Cc1ccc2c(c1)CCCN2C(=O)c1ccc(C(=O)O)s1. The number of hydrogen-bond acceptors (Lipinski definition) is 3. The highest BCUT2D eigenvalue weighted by Gasteiger charge is 2.25. The van der Waals surface area contributed by atoms with E-state index >= 15 is 0 Å². The Bertz CT molecular complexity index is 720. The summed E-state index contributed by atoms with van der Waals surface area (Å²) in [5, 5.41) is 8.96. The summed E-state index contributed by atoms with van der Waals surface area (Å²) in [6.45, 7) is 2.72. The number of aryl methyl sites for hydroxylation is 2. The van der Waals surface area contributed by atoms with Gasteiger partial charge in [-0.3, -0.25) is 4.79 Å². The topological polar surface area (TPSA) is 57.6 Å². The molecule has 4 nitrogen and oxygen atoms in total. The number of amides is 1. The van der Waals surface area contributed by atoms with E-state index in [2.05, 4.69) is 6.07 Å². The van der Waals surface area contributed by atoms with Crippen LogP contribution in [-0.4, -0.2) is 23.5 Å². The number of anilines is 1. The fraction of sp³-hybridized carbons (Fsp3) is 0.250. The molecule has 0 saturated heterocycles. The standard InChI is InChI=1S/C16H15NO3S/c1-10-4-5-12-11(9-10)3-2-8-17(12)15(18)13-6-7-14(21-13)16(19)20/h4-7,9H,2-3,8H2,1H3,(H,19,20). The highest BCUT2D eigenvalue weighted by molar-refractivity contribution is 7.16. The fourth-order valence-corrected chi connectivity index (χ4v) is 3.43. The zero-order valence-corrected chi connectivity index (χ0v) is 12.4. The second kappa shape index (κ2) is 5.33. The maximum Gasteiger partial charge on any atom is 0.345 e. The number of nitrogens with zero attached hydrogens (tertiary/aromatic N) is 1. The van der Waals surface area contributed by atoms with Crippen LogP contribution in [0.3, 0.4) is 0 Å². The Labute approximate surface area is 126 Å². The van der Waals surface area contributed by atoms with Crippen LogP contribution in [0.4, 0.5) is 5.69 Å². The fourth-order valence-electron chi connectivity index (χ4n) is 2.64. The van der Waals surface area contributed by atoms with Crippen LogP contribution in [0.15, 0.2) is 30.3 Å². The van der Waals surface area contributed by atoms with Crippen LogP contribution in [0, 0.1) is 6.92 Å². The molecule has 0 saturated carbocycles. The molecule has 3 rings (SSSR count).